The van der Waals surface area contributed by atoms with Gasteiger partial charge in [-0.15, -0.1) is 11.3 Å². The fraction of sp³-hybridized carbons (Fsp3) is 0.467. The summed E-state index contributed by atoms with van der Waals surface area (Å²) < 4.78 is 5.37. The monoisotopic (exact) mass is 520 g/mol. The first-order valence-corrected chi connectivity index (χ1v) is 13.4. The molecule has 0 saturated carbocycles. The zero-order valence-electron chi connectivity index (χ0n) is 22.6. The molecule has 1 nitrogen and oxygen atoms in total. The third kappa shape index (κ3) is 10.8. The maximum atomic E-state index is 6.03. The van der Waals surface area contributed by atoms with Crippen molar-refractivity contribution in [2.45, 2.75) is 85.5 Å². The molecule has 0 N–H and O–H groups in total. The van der Waals surface area contributed by atoms with E-state index in [2.05, 4.69) is 92.0 Å². The Labute approximate surface area is 222 Å². The zero-order valence-corrected chi connectivity index (χ0v) is 24.9. The lowest BCUT2D eigenvalue weighted by Crippen LogP contribution is -2.11. The van der Waals surface area contributed by atoms with Crippen molar-refractivity contribution in [1.82, 2.24) is 0 Å². The van der Waals surface area contributed by atoms with Gasteiger partial charge in [-0.05, 0) is 70.0 Å². The summed E-state index contributed by atoms with van der Waals surface area (Å²) in [6, 6.07) is 18.2. The highest BCUT2D eigenvalue weighted by molar-refractivity contribution is 7.10. The summed E-state index contributed by atoms with van der Waals surface area (Å²) in [6.45, 7) is 22.4. The number of thiophene rings is 1. The number of halogens is 2. The van der Waals surface area contributed by atoms with Gasteiger partial charge in [0.1, 0.15) is 5.75 Å². The molecular weight excluding hydrogens is 479 g/mol. The van der Waals surface area contributed by atoms with Crippen molar-refractivity contribution < 1.29 is 4.74 Å². The van der Waals surface area contributed by atoms with Gasteiger partial charge in [-0.3, -0.25) is 0 Å². The Bertz CT molecular complexity index is 971. The van der Waals surface area contributed by atoms with Crippen molar-refractivity contribution >= 4 is 34.5 Å². The van der Waals surface area contributed by atoms with Crippen molar-refractivity contribution in [1.29, 1.82) is 0 Å². The van der Waals surface area contributed by atoms with Gasteiger partial charge in [0.25, 0.3) is 0 Å². The summed E-state index contributed by atoms with van der Waals surface area (Å²) in [5.41, 5.74) is 3.13. The van der Waals surface area contributed by atoms with E-state index >= 15 is 0 Å². The van der Waals surface area contributed by atoms with Gasteiger partial charge < -0.3 is 4.74 Å². The van der Waals surface area contributed by atoms with Crippen molar-refractivity contribution in [2.75, 3.05) is 6.61 Å². The first-order valence-electron chi connectivity index (χ1n) is 11.8. The molecule has 2 aromatic carbocycles. The molecule has 0 spiro atoms. The van der Waals surface area contributed by atoms with Gasteiger partial charge in [0, 0.05) is 14.9 Å². The van der Waals surface area contributed by atoms with Gasteiger partial charge in [-0.1, -0.05) is 110 Å². The second-order valence-corrected chi connectivity index (χ2v) is 13.1. The van der Waals surface area contributed by atoms with Crippen molar-refractivity contribution in [3.05, 3.63) is 86.0 Å². The van der Waals surface area contributed by atoms with E-state index in [0.717, 1.165) is 22.9 Å². The Morgan fingerprint density at radius 1 is 0.735 bits per heavy atom. The molecule has 3 rings (SSSR count). The molecule has 0 saturated heterocycles. The third-order valence-corrected chi connectivity index (χ3v) is 6.87. The molecule has 3 aromatic rings. The molecule has 0 atom stereocenters. The number of hydrogen-bond donors (Lipinski definition) is 0. The molecule has 0 aliphatic heterocycles. The largest absolute Gasteiger partial charge is 0.494 e. The highest BCUT2D eigenvalue weighted by atomic mass is 35.5. The SMILES string of the molecule is CC(C)(C)c1ccc(Cl)cc1Cl.CC(C)(C)c1cccs1.CCOc1ccc(C(C)(C)C)cc1. The van der Waals surface area contributed by atoms with Crippen LogP contribution >= 0.6 is 34.5 Å². The average Bonchev–Trinajstić information content (AvgIpc) is 3.23. The molecule has 0 unspecified atom stereocenters. The van der Waals surface area contributed by atoms with Gasteiger partial charge in [-0.2, -0.15) is 0 Å². The first kappa shape index (κ1) is 30.6. The van der Waals surface area contributed by atoms with Crippen LogP contribution in [0.5, 0.6) is 5.75 Å². The van der Waals surface area contributed by atoms with Crippen LogP contribution in [0.2, 0.25) is 10.0 Å². The van der Waals surface area contributed by atoms with E-state index in [1.807, 2.05) is 42.5 Å². The van der Waals surface area contributed by atoms with E-state index < -0.39 is 0 Å². The minimum absolute atomic E-state index is 0.0850. The van der Waals surface area contributed by atoms with Crippen molar-refractivity contribution in [3.63, 3.8) is 0 Å². The summed E-state index contributed by atoms with van der Waals surface area (Å²) >= 11 is 13.6. The molecule has 0 aliphatic rings. The van der Waals surface area contributed by atoms with Gasteiger partial charge in [0.15, 0.2) is 0 Å². The topological polar surface area (TPSA) is 9.23 Å². The Kier molecular flexibility index (Phi) is 11.7. The fourth-order valence-corrected chi connectivity index (χ4v) is 4.53. The highest BCUT2D eigenvalue weighted by Gasteiger charge is 2.17. The van der Waals surface area contributed by atoms with Crippen LogP contribution < -0.4 is 4.74 Å². The Balaban J connectivity index is 0.000000259. The molecule has 0 radical (unpaired) electrons. The minimum Gasteiger partial charge on any atom is -0.494 e. The van der Waals surface area contributed by atoms with Gasteiger partial charge in [-0.25, -0.2) is 0 Å². The molecule has 1 aromatic heterocycles. The number of ether oxygens (including phenoxy) is 1. The number of benzene rings is 2. The first-order chi connectivity index (χ1) is 15.6. The summed E-state index contributed by atoms with van der Waals surface area (Å²) in [7, 11) is 0. The number of hydrogen-bond acceptors (Lipinski definition) is 2. The quantitative estimate of drug-likeness (QED) is 0.326. The van der Waals surface area contributed by atoms with Crippen LogP contribution in [0.25, 0.3) is 0 Å². The second-order valence-electron chi connectivity index (χ2n) is 11.3. The van der Waals surface area contributed by atoms with E-state index in [1.165, 1.54) is 10.4 Å². The van der Waals surface area contributed by atoms with Crippen molar-refractivity contribution in [2.24, 2.45) is 0 Å². The minimum atomic E-state index is 0.0850. The Morgan fingerprint density at radius 2 is 1.32 bits per heavy atom. The normalized spacial score (nSPS) is 11.6. The van der Waals surface area contributed by atoms with Crippen LogP contribution in [0.4, 0.5) is 0 Å². The molecule has 0 bridgehead atoms. The fourth-order valence-electron chi connectivity index (χ4n) is 3.02. The van der Waals surface area contributed by atoms with Crippen LogP contribution in [0.15, 0.2) is 60.0 Å². The van der Waals surface area contributed by atoms with Crippen LogP contribution in [-0.2, 0) is 16.2 Å². The van der Waals surface area contributed by atoms with Gasteiger partial charge in [0.05, 0.1) is 6.61 Å². The van der Waals surface area contributed by atoms with Crippen molar-refractivity contribution in [3.8, 4) is 5.75 Å². The maximum Gasteiger partial charge on any atom is 0.119 e. The van der Waals surface area contributed by atoms with Crippen LogP contribution in [0, 0.1) is 0 Å². The van der Waals surface area contributed by atoms with Gasteiger partial charge >= 0.3 is 0 Å². The van der Waals surface area contributed by atoms with Crippen LogP contribution in [-0.4, -0.2) is 6.61 Å². The lowest BCUT2D eigenvalue weighted by Gasteiger charge is -2.20. The van der Waals surface area contributed by atoms with E-state index in [-0.39, 0.29) is 10.8 Å². The van der Waals surface area contributed by atoms with Gasteiger partial charge in [0.2, 0.25) is 0 Å². The molecule has 1 heterocycles. The van der Waals surface area contributed by atoms with E-state index in [4.69, 9.17) is 27.9 Å². The lowest BCUT2D eigenvalue weighted by molar-refractivity contribution is 0.340. The van der Waals surface area contributed by atoms with E-state index in [9.17, 15) is 0 Å². The molecule has 0 amide bonds. The summed E-state index contributed by atoms with van der Waals surface area (Å²) in [5, 5.41) is 3.56. The van der Waals surface area contributed by atoms with E-state index in [1.54, 1.807) is 6.07 Å². The van der Waals surface area contributed by atoms with E-state index in [0.29, 0.717) is 10.4 Å². The molecule has 4 heteroatoms. The Morgan fingerprint density at radius 3 is 1.68 bits per heavy atom. The predicted molar refractivity (Wildman–Crippen MR) is 154 cm³/mol. The van der Waals surface area contributed by atoms with Crippen LogP contribution in [0.1, 0.15) is 85.2 Å². The molecule has 188 valence electrons. The van der Waals surface area contributed by atoms with Crippen LogP contribution in [0.3, 0.4) is 0 Å². The lowest BCUT2D eigenvalue weighted by atomic mass is 9.87. The molecule has 0 fully saturated rings. The maximum absolute atomic E-state index is 6.03. The summed E-state index contributed by atoms with van der Waals surface area (Å²) in [4.78, 5) is 1.46. The number of rotatable bonds is 2. The smallest absolute Gasteiger partial charge is 0.119 e. The molecule has 0 aliphatic carbocycles. The second kappa shape index (κ2) is 13.0. The third-order valence-electron chi connectivity index (χ3n) is 5.03. The predicted octanol–water partition coefficient (Wildman–Crippen LogP) is 10.7. The summed E-state index contributed by atoms with van der Waals surface area (Å²) in [6.07, 6.45) is 0. The Hall–Kier alpha value is -1.48. The zero-order chi connectivity index (χ0) is 26.2. The average molecular weight is 522 g/mol. The standard InChI is InChI=1S/C12H18O.C10H12Cl2.C8H12S/c1-5-13-11-8-6-10(7-9-11)12(2,3)4;1-10(2,3)8-5-4-7(11)6-9(8)12;1-8(2,3)7-5-4-6-9-7/h6-9H,5H2,1-4H3;4-6H,1-3H3;4-6H,1-3H3. The molecular formula is C30H42Cl2OS. The highest BCUT2D eigenvalue weighted by Crippen LogP contribution is 2.31. The molecule has 34 heavy (non-hydrogen) atoms. The summed E-state index contributed by atoms with van der Waals surface area (Å²) in [5.74, 6) is 0.954.